The third kappa shape index (κ3) is 28.0. The maximum absolute atomic E-state index is 14.0. The summed E-state index contributed by atoms with van der Waals surface area (Å²) in [6.07, 6.45) is -1.69. The average molecular weight is 1220 g/mol. The SMILES string of the molecule is CC(C)C[C@H](NC(=O)[C@H](CC(=O)O)NC(=O)[C@H](CCC(N)=O)NC(=O)CNC(=O)CNC(=O)[C@@H]1CCCN1C(=O)[C@H](CCCN=C(N)N)NC(=O)CNC(=O)CNC(=O)[C@H](CO)NC(=O)[C@H](Cc1ccc(O)cc1)NC(=O)CN)C(=O)NCC(=O)O. The first-order valence-corrected chi connectivity index (χ1v) is 26.9. The average Bonchev–Trinajstić information content (AvgIpc) is 4.15. The molecule has 1 heterocycles. The van der Waals surface area contributed by atoms with Crippen molar-refractivity contribution in [1.82, 2.24) is 63.4 Å². The van der Waals surface area contributed by atoms with Gasteiger partial charge in [-0.1, -0.05) is 26.0 Å². The molecule has 0 aromatic heterocycles. The number of nitrogens with one attached hydrogen (secondary N) is 11. The predicted octanol–water partition coefficient (Wildman–Crippen LogP) is -9.71. The molecule has 1 aromatic rings. The Kier molecular flexibility index (Phi) is 31.5. The molecule has 2 rings (SSSR count). The first kappa shape index (κ1) is 72.4. The number of primary amides is 1. The Morgan fingerprint density at radius 2 is 1.12 bits per heavy atom. The number of amides is 13. The van der Waals surface area contributed by atoms with Gasteiger partial charge in [0.05, 0.1) is 45.8 Å². The molecule has 0 radical (unpaired) electrons. The normalized spacial score (nSPS) is 14.6. The molecular weight excluding hydrogens is 1140 g/mol. The van der Waals surface area contributed by atoms with Crippen molar-refractivity contribution in [1.29, 1.82) is 0 Å². The number of carbonyl (C=O) groups is 15. The van der Waals surface area contributed by atoms with E-state index in [1.165, 1.54) is 24.3 Å². The summed E-state index contributed by atoms with van der Waals surface area (Å²) in [6, 6.07) is -4.61. The number of carboxylic acid groups (broad SMARTS) is 2. The standard InChI is InChI=1S/C50H77N17O19/c1-25(2)15-30(43(80)60-23-42(78)79)64-47(84)32(17-41(76)77)65-45(82)28(11-12-35(52)70)61-39(74)21-56-38(73)20-59-48(85)34-6-4-14-67(34)49(86)29(5-3-13-55-50(53)54)62-40(75)22-57-37(72)19-58-44(81)33(24-68)66-46(83)31(63-36(71)18-51)16-26-7-9-27(69)10-8-26/h7-10,25,28-34,68-69H,3-6,11-24,51H2,1-2H3,(H2,52,70)(H,56,73)(H,57,72)(H,58,81)(H,59,85)(H,60,80)(H,61,74)(H,62,75)(H,63,71)(H,64,84)(H,65,82)(H,66,83)(H,76,77)(H,78,79)(H4,53,54,55)/t28-,29-,30-,31-,32-,33-,34-/m0/s1. The van der Waals surface area contributed by atoms with Crippen LogP contribution < -0.4 is 81.4 Å². The first-order valence-electron chi connectivity index (χ1n) is 26.9. The maximum Gasteiger partial charge on any atom is 0.322 e. The summed E-state index contributed by atoms with van der Waals surface area (Å²) in [4.78, 5) is 196. The van der Waals surface area contributed by atoms with E-state index >= 15 is 0 Å². The molecule has 1 aliphatic rings. The zero-order chi connectivity index (χ0) is 64.6. The Morgan fingerprint density at radius 3 is 1.67 bits per heavy atom. The fraction of sp³-hybridized carbons (Fsp3) is 0.560. The molecule has 36 nitrogen and oxygen atoms in total. The highest BCUT2D eigenvalue weighted by Gasteiger charge is 2.38. The topological polar surface area (TPSA) is 589 Å². The second kappa shape index (κ2) is 37.5. The van der Waals surface area contributed by atoms with Crippen LogP contribution in [-0.4, -0.2) is 221 Å². The smallest absolute Gasteiger partial charge is 0.322 e. The lowest BCUT2D eigenvalue weighted by atomic mass is 10.0. The molecule has 0 bridgehead atoms. The fourth-order valence-electron chi connectivity index (χ4n) is 8.08. The van der Waals surface area contributed by atoms with E-state index in [1.54, 1.807) is 13.8 Å². The molecule has 0 unspecified atom stereocenters. The molecule has 86 heavy (non-hydrogen) atoms. The predicted molar refractivity (Wildman–Crippen MR) is 297 cm³/mol. The second-order valence-corrected chi connectivity index (χ2v) is 19.8. The number of aliphatic hydroxyl groups excluding tert-OH is 1. The molecule has 0 saturated carbocycles. The molecular formula is C50H77N17O19. The lowest BCUT2D eigenvalue weighted by molar-refractivity contribution is -0.142. The number of aliphatic carboxylic acids is 2. The number of aliphatic imine (C=N–C) groups is 1. The van der Waals surface area contributed by atoms with Gasteiger partial charge in [-0.05, 0) is 62.1 Å². The van der Waals surface area contributed by atoms with Crippen LogP contribution in [0.2, 0.25) is 0 Å². The van der Waals surface area contributed by atoms with E-state index in [2.05, 4.69) is 63.5 Å². The molecule has 1 aliphatic heterocycles. The second-order valence-electron chi connectivity index (χ2n) is 19.8. The zero-order valence-electron chi connectivity index (χ0n) is 47.3. The van der Waals surface area contributed by atoms with Gasteiger partial charge in [0.15, 0.2) is 5.96 Å². The summed E-state index contributed by atoms with van der Waals surface area (Å²) in [5, 5.41) is 62.9. The lowest BCUT2D eigenvalue weighted by Gasteiger charge is -2.28. The molecule has 23 N–H and O–H groups in total. The van der Waals surface area contributed by atoms with Gasteiger partial charge in [-0.3, -0.25) is 76.9 Å². The van der Waals surface area contributed by atoms with Gasteiger partial charge >= 0.3 is 11.9 Å². The number of rotatable bonds is 38. The first-order chi connectivity index (χ1) is 40.5. The van der Waals surface area contributed by atoms with Crippen molar-refractivity contribution >= 4 is 94.7 Å². The zero-order valence-corrected chi connectivity index (χ0v) is 47.3. The van der Waals surface area contributed by atoms with E-state index in [-0.39, 0.29) is 62.8 Å². The highest BCUT2D eigenvalue weighted by atomic mass is 16.4. The van der Waals surface area contributed by atoms with Gasteiger partial charge in [0.2, 0.25) is 76.8 Å². The number of carbonyl (C=O) groups excluding carboxylic acids is 13. The Bertz CT molecular complexity index is 2640. The van der Waals surface area contributed by atoms with Crippen molar-refractivity contribution in [2.75, 3.05) is 59.0 Å². The molecule has 13 amide bonds. The van der Waals surface area contributed by atoms with E-state index in [9.17, 15) is 87.2 Å². The Hall–Kier alpha value is -9.74. The summed E-state index contributed by atoms with van der Waals surface area (Å²) in [5.74, 6) is -15.7. The van der Waals surface area contributed by atoms with Crippen molar-refractivity contribution in [3.63, 3.8) is 0 Å². The summed E-state index contributed by atoms with van der Waals surface area (Å²) >= 11 is 0. The van der Waals surface area contributed by atoms with Crippen LogP contribution >= 0.6 is 0 Å². The minimum Gasteiger partial charge on any atom is -0.508 e. The minimum atomic E-state index is -1.87. The fourth-order valence-corrected chi connectivity index (χ4v) is 8.08. The third-order valence-corrected chi connectivity index (χ3v) is 12.3. The summed E-state index contributed by atoms with van der Waals surface area (Å²) in [7, 11) is 0. The maximum atomic E-state index is 14.0. The summed E-state index contributed by atoms with van der Waals surface area (Å²) < 4.78 is 0. The molecule has 1 fully saturated rings. The molecule has 1 saturated heterocycles. The number of guanidine groups is 1. The van der Waals surface area contributed by atoms with E-state index in [0.29, 0.717) is 12.0 Å². The monoisotopic (exact) mass is 1220 g/mol. The number of aliphatic hydroxyl groups is 1. The van der Waals surface area contributed by atoms with Crippen molar-refractivity contribution in [2.45, 2.75) is 114 Å². The van der Waals surface area contributed by atoms with Crippen LogP contribution in [0.3, 0.4) is 0 Å². The molecule has 0 aliphatic carbocycles. The molecule has 1 aromatic carbocycles. The molecule has 36 heteroatoms. The van der Waals surface area contributed by atoms with Gasteiger partial charge in [0, 0.05) is 25.9 Å². The molecule has 0 spiro atoms. The van der Waals surface area contributed by atoms with Crippen LogP contribution in [0, 0.1) is 5.92 Å². The number of carboxylic acids is 2. The Balaban J connectivity index is 2.05. The van der Waals surface area contributed by atoms with Crippen molar-refractivity contribution < 1.29 is 92.3 Å². The molecule has 7 atom stereocenters. The largest absolute Gasteiger partial charge is 0.508 e. The van der Waals surface area contributed by atoms with Crippen molar-refractivity contribution in [2.24, 2.45) is 33.8 Å². The Labute approximate surface area is 491 Å². The van der Waals surface area contributed by atoms with Crippen LogP contribution in [0.4, 0.5) is 0 Å². The van der Waals surface area contributed by atoms with Gasteiger partial charge in [-0.15, -0.1) is 0 Å². The third-order valence-electron chi connectivity index (χ3n) is 12.3. The van der Waals surface area contributed by atoms with Crippen molar-refractivity contribution in [3.8, 4) is 5.75 Å². The summed E-state index contributed by atoms with van der Waals surface area (Å²) in [5.41, 5.74) is 22.0. The van der Waals surface area contributed by atoms with E-state index in [0.717, 1.165) is 4.90 Å². The van der Waals surface area contributed by atoms with Crippen LogP contribution in [0.25, 0.3) is 0 Å². The molecule has 476 valence electrons. The van der Waals surface area contributed by atoms with E-state index < -0.39 is 196 Å². The van der Waals surface area contributed by atoms with Crippen LogP contribution in [0.5, 0.6) is 5.75 Å². The quantitative estimate of drug-likeness (QED) is 0.0166. The number of benzene rings is 1. The van der Waals surface area contributed by atoms with Gasteiger partial charge in [0.1, 0.15) is 54.6 Å². The van der Waals surface area contributed by atoms with Crippen LogP contribution in [0.1, 0.15) is 70.8 Å². The van der Waals surface area contributed by atoms with Crippen LogP contribution in [-0.2, 0) is 78.3 Å². The summed E-state index contributed by atoms with van der Waals surface area (Å²) in [6.45, 7) is -1.91. The highest BCUT2D eigenvalue weighted by molar-refractivity contribution is 5.99. The van der Waals surface area contributed by atoms with E-state index in [1.807, 2.05) is 0 Å². The minimum absolute atomic E-state index is 0.0145. The number of likely N-dealkylation sites (tertiary alicyclic amines) is 1. The number of nitrogens with zero attached hydrogens (tertiary/aromatic N) is 2. The van der Waals surface area contributed by atoms with Crippen molar-refractivity contribution in [3.05, 3.63) is 29.8 Å². The number of phenolic OH excluding ortho intramolecular Hbond substituents is 1. The number of nitrogens with two attached hydrogens (primary N) is 4. The van der Waals surface area contributed by atoms with Gasteiger partial charge < -0.3 is 107 Å². The highest BCUT2D eigenvalue weighted by Crippen LogP contribution is 2.20. The number of phenols is 1. The van der Waals surface area contributed by atoms with Gasteiger partial charge in [-0.25, -0.2) is 0 Å². The Morgan fingerprint density at radius 1 is 0.593 bits per heavy atom. The number of aromatic hydroxyl groups is 1. The van der Waals surface area contributed by atoms with Gasteiger partial charge in [-0.2, -0.15) is 0 Å². The van der Waals surface area contributed by atoms with Gasteiger partial charge in [0.25, 0.3) is 0 Å². The van der Waals surface area contributed by atoms with Crippen LogP contribution in [0.15, 0.2) is 29.3 Å². The lowest BCUT2D eigenvalue weighted by Crippen LogP contribution is -2.58. The number of hydrogen-bond donors (Lipinski definition) is 19. The number of hydrogen-bond acceptors (Lipinski definition) is 19. The van der Waals surface area contributed by atoms with E-state index in [4.69, 9.17) is 28.0 Å².